The molecular formula is C18H18BrF2N5O2S. The van der Waals surface area contributed by atoms with Crippen molar-refractivity contribution in [1.29, 1.82) is 0 Å². The highest BCUT2D eigenvalue weighted by Crippen LogP contribution is 2.33. The van der Waals surface area contributed by atoms with Crippen molar-refractivity contribution < 1.29 is 18.4 Å². The summed E-state index contributed by atoms with van der Waals surface area (Å²) in [6.45, 7) is 1.78. The van der Waals surface area contributed by atoms with E-state index in [4.69, 9.17) is 0 Å². The second-order valence-corrected chi connectivity index (χ2v) is 8.82. The average Bonchev–Trinajstić information content (AvgIpc) is 3.33. The Morgan fingerprint density at radius 2 is 2.00 bits per heavy atom. The van der Waals surface area contributed by atoms with Crippen LogP contribution in [0, 0.1) is 17.6 Å². The predicted octanol–water partition coefficient (Wildman–Crippen LogP) is 3.56. The van der Waals surface area contributed by atoms with Gasteiger partial charge in [-0.2, -0.15) is 0 Å². The van der Waals surface area contributed by atoms with Gasteiger partial charge in [-0.3, -0.25) is 14.5 Å². The molecule has 11 heteroatoms. The van der Waals surface area contributed by atoms with Crippen molar-refractivity contribution >= 4 is 55.0 Å². The number of amides is 2. The van der Waals surface area contributed by atoms with Gasteiger partial charge in [0.25, 0.3) is 0 Å². The number of rotatable bonds is 4. The van der Waals surface area contributed by atoms with Crippen LogP contribution in [-0.4, -0.2) is 41.6 Å². The first-order valence-electron chi connectivity index (χ1n) is 9.26. The average molecular weight is 486 g/mol. The lowest BCUT2D eigenvalue weighted by Crippen LogP contribution is -2.40. The van der Waals surface area contributed by atoms with E-state index in [9.17, 15) is 18.4 Å². The van der Waals surface area contributed by atoms with Crippen LogP contribution in [0.2, 0.25) is 0 Å². The summed E-state index contributed by atoms with van der Waals surface area (Å²) < 4.78 is 27.4. The molecule has 2 fully saturated rings. The van der Waals surface area contributed by atoms with E-state index in [1.54, 1.807) is 4.90 Å². The molecule has 4 rings (SSSR count). The second kappa shape index (κ2) is 8.31. The van der Waals surface area contributed by atoms with Gasteiger partial charge in [-0.25, -0.2) is 8.78 Å². The Labute approximate surface area is 178 Å². The van der Waals surface area contributed by atoms with Crippen LogP contribution in [0.1, 0.15) is 25.7 Å². The Hall–Kier alpha value is -2.14. The fraction of sp³-hybridized carbons (Fsp3) is 0.444. The lowest BCUT2D eigenvalue weighted by molar-refractivity contribution is -0.120. The number of hydrogen-bond acceptors (Lipinski definition) is 6. The van der Waals surface area contributed by atoms with E-state index in [2.05, 4.69) is 31.4 Å². The Kier molecular flexibility index (Phi) is 5.77. The number of halogens is 3. The standard InChI is InChI=1S/C18H18BrF2N5O2S/c19-12-7-11(20)8-13(21)15(12)22-16(28)10-3-1-5-25(9-10)17-23-24-18(29-17)26-6-2-4-14(26)27/h7-8,10H,1-6,9H2,(H,22,28)/t10-/m0/s1. The van der Waals surface area contributed by atoms with E-state index < -0.39 is 11.6 Å². The first kappa shape index (κ1) is 20.1. The van der Waals surface area contributed by atoms with Crippen molar-refractivity contribution in [2.75, 3.05) is 34.8 Å². The normalized spacial score (nSPS) is 19.7. The van der Waals surface area contributed by atoms with E-state index in [0.717, 1.165) is 31.5 Å². The summed E-state index contributed by atoms with van der Waals surface area (Å²) >= 11 is 4.42. The number of benzene rings is 1. The lowest BCUT2D eigenvalue weighted by atomic mass is 9.97. The summed E-state index contributed by atoms with van der Waals surface area (Å²) in [5, 5.41) is 12.1. The maximum absolute atomic E-state index is 14.0. The maximum Gasteiger partial charge on any atom is 0.229 e. The Morgan fingerprint density at radius 1 is 1.21 bits per heavy atom. The molecule has 29 heavy (non-hydrogen) atoms. The van der Waals surface area contributed by atoms with E-state index in [1.165, 1.54) is 11.3 Å². The van der Waals surface area contributed by atoms with Crippen molar-refractivity contribution in [3.8, 4) is 0 Å². The van der Waals surface area contributed by atoms with E-state index >= 15 is 0 Å². The molecule has 2 saturated heterocycles. The summed E-state index contributed by atoms with van der Waals surface area (Å²) in [7, 11) is 0. The molecule has 1 aromatic carbocycles. The molecule has 3 heterocycles. The number of aromatic nitrogens is 2. The molecule has 2 amide bonds. The molecule has 0 saturated carbocycles. The minimum atomic E-state index is -0.832. The van der Waals surface area contributed by atoms with Crippen LogP contribution >= 0.6 is 27.3 Å². The van der Waals surface area contributed by atoms with Gasteiger partial charge in [0.1, 0.15) is 5.82 Å². The highest BCUT2D eigenvalue weighted by molar-refractivity contribution is 9.10. The van der Waals surface area contributed by atoms with Crippen molar-refractivity contribution in [3.63, 3.8) is 0 Å². The molecule has 154 valence electrons. The Balaban J connectivity index is 1.44. The van der Waals surface area contributed by atoms with Gasteiger partial charge in [-0.15, -0.1) is 10.2 Å². The quantitative estimate of drug-likeness (QED) is 0.716. The fourth-order valence-electron chi connectivity index (χ4n) is 3.55. The smallest absolute Gasteiger partial charge is 0.229 e. The van der Waals surface area contributed by atoms with Crippen molar-refractivity contribution in [2.24, 2.45) is 5.92 Å². The molecule has 0 radical (unpaired) electrons. The number of carbonyl (C=O) groups is 2. The zero-order chi connectivity index (χ0) is 20.5. The number of nitrogens with one attached hydrogen (secondary N) is 1. The third-order valence-electron chi connectivity index (χ3n) is 5.03. The van der Waals surface area contributed by atoms with E-state index in [0.29, 0.717) is 36.2 Å². The molecule has 0 spiro atoms. The molecule has 0 unspecified atom stereocenters. The number of anilines is 3. The van der Waals surface area contributed by atoms with Crippen LogP contribution in [0.15, 0.2) is 16.6 Å². The number of nitrogens with zero attached hydrogens (tertiary/aromatic N) is 4. The Morgan fingerprint density at radius 3 is 2.72 bits per heavy atom. The fourth-order valence-corrected chi connectivity index (χ4v) is 4.98. The highest BCUT2D eigenvalue weighted by Gasteiger charge is 2.30. The summed E-state index contributed by atoms with van der Waals surface area (Å²) in [4.78, 5) is 28.2. The summed E-state index contributed by atoms with van der Waals surface area (Å²) in [5.74, 6) is -2.21. The maximum atomic E-state index is 14.0. The molecule has 1 aromatic heterocycles. The van der Waals surface area contributed by atoms with Gasteiger partial charge < -0.3 is 10.2 Å². The first-order valence-corrected chi connectivity index (χ1v) is 10.9. The number of carbonyl (C=O) groups excluding carboxylic acids is 2. The van der Waals surface area contributed by atoms with Gasteiger partial charge in [0.05, 0.1) is 11.6 Å². The van der Waals surface area contributed by atoms with Crippen LogP contribution in [0.25, 0.3) is 0 Å². The lowest BCUT2D eigenvalue weighted by Gasteiger charge is -2.31. The molecule has 2 aromatic rings. The van der Waals surface area contributed by atoms with Crippen LogP contribution in [-0.2, 0) is 9.59 Å². The van der Waals surface area contributed by atoms with Gasteiger partial charge in [-0.1, -0.05) is 11.3 Å². The molecular weight excluding hydrogens is 468 g/mol. The second-order valence-electron chi connectivity index (χ2n) is 7.03. The van der Waals surface area contributed by atoms with E-state index in [1.807, 2.05) is 4.90 Å². The molecule has 0 bridgehead atoms. The largest absolute Gasteiger partial charge is 0.346 e. The Bertz CT molecular complexity index is 933. The third-order valence-corrected chi connectivity index (χ3v) is 6.66. The molecule has 0 aliphatic carbocycles. The van der Waals surface area contributed by atoms with Crippen molar-refractivity contribution in [2.45, 2.75) is 25.7 Å². The zero-order valence-corrected chi connectivity index (χ0v) is 17.7. The van der Waals surface area contributed by atoms with Gasteiger partial charge in [0, 0.05) is 36.6 Å². The topological polar surface area (TPSA) is 78.4 Å². The van der Waals surface area contributed by atoms with E-state index in [-0.39, 0.29) is 27.9 Å². The molecule has 1 N–H and O–H groups in total. The SMILES string of the molecule is O=C(Nc1c(F)cc(F)cc1Br)[C@H]1CCCN(c2nnc(N3CCCC3=O)s2)C1. The highest BCUT2D eigenvalue weighted by atomic mass is 79.9. The molecule has 2 aliphatic heterocycles. The minimum Gasteiger partial charge on any atom is -0.346 e. The number of hydrogen-bond donors (Lipinski definition) is 1. The molecule has 1 atom stereocenters. The monoisotopic (exact) mass is 485 g/mol. The van der Waals surface area contributed by atoms with Crippen molar-refractivity contribution in [3.05, 3.63) is 28.2 Å². The van der Waals surface area contributed by atoms with Gasteiger partial charge >= 0.3 is 0 Å². The van der Waals surface area contributed by atoms with Crippen molar-refractivity contribution in [1.82, 2.24) is 10.2 Å². The van der Waals surface area contributed by atoms with Gasteiger partial charge in [-0.05, 0) is 41.3 Å². The minimum absolute atomic E-state index is 0.0514. The first-order chi connectivity index (χ1) is 13.9. The predicted molar refractivity (Wildman–Crippen MR) is 109 cm³/mol. The van der Waals surface area contributed by atoms with Gasteiger partial charge in [0.15, 0.2) is 5.82 Å². The van der Waals surface area contributed by atoms with Crippen LogP contribution in [0.4, 0.5) is 24.7 Å². The molecule has 2 aliphatic rings. The zero-order valence-electron chi connectivity index (χ0n) is 15.3. The summed E-state index contributed by atoms with van der Waals surface area (Å²) in [6.07, 6.45) is 2.76. The van der Waals surface area contributed by atoms with Crippen LogP contribution in [0.3, 0.4) is 0 Å². The number of piperidine rings is 1. The van der Waals surface area contributed by atoms with Crippen LogP contribution < -0.4 is 15.1 Å². The van der Waals surface area contributed by atoms with Gasteiger partial charge in [0.2, 0.25) is 22.1 Å². The molecule has 7 nitrogen and oxygen atoms in total. The van der Waals surface area contributed by atoms with Crippen LogP contribution in [0.5, 0.6) is 0 Å². The summed E-state index contributed by atoms with van der Waals surface area (Å²) in [6, 6.07) is 1.84. The summed E-state index contributed by atoms with van der Waals surface area (Å²) in [5.41, 5.74) is -0.0701. The third kappa shape index (κ3) is 4.25.